The zero-order chi connectivity index (χ0) is 19.0. The van der Waals surface area contributed by atoms with Gasteiger partial charge in [-0.3, -0.25) is 18.5 Å². The van der Waals surface area contributed by atoms with Gasteiger partial charge in [0.25, 0.3) is 5.56 Å². The SMILES string of the molecule is C=C1COc2c(N3CC(C)C(N)C3)c(F)cc3c(=O)c4c(=O)[nH]sc4n1c23. The standard InChI is InChI=1S/C18H17FN4O3S/c1-7-4-22(5-11(7)20)14-10(19)3-9-13-16(14)26-6-8(2)23(13)18-12(15(9)24)17(25)21-27-18/h3,7,11H,2,4-6,20H2,1H3,(H,21,25). The lowest BCUT2D eigenvalue weighted by Gasteiger charge is -2.29. The molecule has 0 spiro atoms. The van der Waals surface area contributed by atoms with Gasteiger partial charge in [-0.05, 0) is 23.5 Å². The smallest absolute Gasteiger partial charge is 0.271 e. The molecular weight excluding hydrogens is 371 g/mol. The van der Waals surface area contributed by atoms with E-state index in [1.807, 2.05) is 11.8 Å². The molecule has 2 unspecified atom stereocenters. The number of halogens is 1. The first-order valence-corrected chi connectivity index (χ1v) is 9.44. The van der Waals surface area contributed by atoms with Crippen molar-refractivity contribution in [1.29, 1.82) is 0 Å². The molecule has 4 heterocycles. The number of pyridine rings is 1. The predicted molar refractivity (Wildman–Crippen MR) is 104 cm³/mol. The third kappa shape index (κ3) is 2.09. The van der Waals surface area contributed by atoms with Crippen molar-refractivity contribution in [1.82, 2.24) is 8.94 Å². The van der Waals surface area contributed by atoms with Gasteiger partial charge in [0, 0.05) is 19.1 Å². The first kappa shape index (κ1) is 16.5. The second kappa shape index (κ2) is 5.43. The van der Waals surface area contributed by atoms with Gasteiger partial charge in [-0.1, -0.05) is 13.5 Å². The molecule has 1 fully saturated rings. The minimum absolute atomic E-state index is 0.0190. The van der Waals surface area contributed by atoms with E-state index in [0.29, 0.717) is 40.6 Å². The minimum atomic E-state index is -0.555. The van der Waals surface area contributed by atoms with Crippen molar-refractivity contribution in [3.8, 4) is 5.75 Å². The first-order valence-electron chi connectivity index (χ1n) is 8.62. The fourth-order valence-electron chi connectivity index (χ4n) is 4.02. The average Bonchev–Trinajstić information content (AvgIpc) is 3.16. The van der Waals surface area contributed by atoms with Gasteiger partial charge in [-0.15, -0.1) is 0 Å². The second-order valence-corrected chi connectivity index (χ2v) is 8.01. The van der Waals surface area contributed by atoms with Crippen LogP contribution in [-0.4, -0.2) is 34.7 Å². The molecule has 2 atom stereocenters. The van der Waals surface area contributed by atoms with Crippen LogP contribution in [0, 0.1) is 11.7 Å². The van der Waals surface area contributed by atoms with Crippen LogP contribution in [-0.2, 0) is 0 Å². The van der Waals surface area contributed by atoms with E-state index in [2.05, 4.69) is 11.0 Å². The summed E-state index contributed by atoms with van der Waals surface area (Å²) < 4.78 is 25.3. The van der Waals surface area contributed by atoms with Crippen LogP contribution in [0.3, 0.4) is 0 Å². The van der Waals surface area contributed by atoms with E-state index < -0.39 is 16.8 Å². The Morgan fingerprint density at radius 3 is 2.89 bits per heavy atom. The van der Waals surface area contributed by atoms with E-state index >= 15 is 4.39 Å². The average molecular weight is 388 g/mol. The molecule has 2 aliphatic rings. The summed E-state index contributed by atoms with van der Waals surface area (Å²) in [5, 5.41) is 0.130. The van der Waals surface area contributed by atoms with Crippen molar-refractivity contribution in [3.05, 3.63) is 39.0 Å². The first-order chi connectivity index (χ1) is 12.9. The molecule has 0 radical (unpaired) electrons. The Balaban J connectivity index is 1.93. The molecule has 2 aliphatic heterocycles. The van der Waals surface area contributed by atoms with Crippen LogP contribution >= 0.6 is 11.5 Å². The number of rotatable bonds is 1. The number of hydrogen-bond donors (Lipinski definition) is 2. The van der Waals surface area contributed by atoms with Crippen LogP contribution in [0.4, 0.5) is 10.1 Å². The van der Waals surface area contributed by atoms with E-state index in [9.17, 15) is 9.59 Å². The Morgan fingerprint density at radius 2 is 2.19 bits per heavy atom. The number of anilines is 1. The van der Waals surface area contributed by atoms with Gasteiger partial charge in [-0.25, -0.2) is 4.39 Å². The topological polar surface area (TPSA) is 93.3 Å². The van der Waals surface area contributed by atoms with Gasteiger partial charge in [0.15, 0.2) is 11.6 Å². The summed E-state index contributed by atoms with van der Waals surface area (Å²) in [4.78, 5) is 27.4. The van der Waals surface area contributed by atoms with Gasteiger partial charge < -0.3 is 15.4 Å². The minimum Gasteiger partial charge on any atom is -0.483 e. The number of nitrogens with two attached hydrogens (primary N) is 1. The normalized spacial score (nSPS) is 22.0. The van der Waals surface area contributed by atoms with Crippen LogP contribution in [0.1, 0.15) is 6.92 Å². The molecule has 0 aliphatic carbocycles. The third-order valence-electron chi connectivity index (χ3n) is 5.45. The monoisotopic (exact) mass is 388 g/mol. The summed E-state index contributed by atoms with van der Waals surface area (Å²) in [7, 11) is 0. The zero-order valence-electron chi connectivity index (χ0n) is 14.5. The Hall–Kier alpha value is -2.65. The van der Waals surface area contributed by atoms with Gasteiger partial charge in [0.05, 0.1) is 11.1 Å². The number of aromatic amines is 1. The molecular formula is C18H17FN4O3S. The van der Waals surface area contributed by atoms with E-state index in [4.69, 9.17) is 10.5 Å². The summed E-state index contributed by atoms with van der Waals surface area (Å²) in [5.74, 6) is -0.0371. The highest BCUT2D eigenvalue weighted by Gasteiger charge is 2.34. The molecule has 1 aromatic carbocycles. The Bertz CT molecular complexity index is 1250. The van der Waals surface area contributed by atoms with E-state index in [-0.39, 0.29) is 29.3 Å². The summed E-state index contributed by atoms with van der Waals surface area (Å²) >= 11 is 1.07. The lowest BCUT2D eigenvalue weighted by atomic mass is 10.1. The molecule has 0 saturated carbocycles. The maximum absolute atomic E-state index is 15.1. The Kier molecular flexibility index (Phi) is 3.32. The molecule has 140 valence electrons. The Labute approximate surface area is 156 Å². The molecule has 3 N–H and O–H groups in total. The number of ether oxygens (including phenoxy) is 1. The molecule has 5 rings (SSSR count). The van der Waals surface area contributed by atoms with Gasteiger partial charge in [0.1, 0.15) is 28.0 Å². The quantitative estimate of drug-likeness (QED) is 0.662. The van der Waals surface area contributed by atoms with Crippen LogP contribution in [0.15, 0.2) is 22.2 Å². The second-order valence-electron chi connectivity index (χ2n) is 7.21. The maximum Gasteiger partial charge on any atom is 0.271 e. The number of nitrogens with one attached hydrogen (secondary N) is 1. The predicted octanol–water partition coefficient (Wildman–Crippen LogP) is 1.69. The van der Waals surface area contributed by atoms with E-state index in [1.165, 1.54) is 6.07 Å². The van der Waals surface area contributed by atoms with Crippen molar-refractivity contribution in [3.63, 3.8) is 0 Å². The molecule has 2 aromatic heterocycles. The van der Waals surface area contributed by atoms with Crippen LogP contribution in [0.5, 0.6) is 5.75 Å². The maximum atomic E-state index is 15.1. The van der Waals surface area contributed by atoms with Crippen LogP contribution < -0.4 is 26.4 Å². The number of fused-ring (bicyclic) bond motifs is 2. The van der Waals surface area contributed by atoms with Crippen molar-refractivity contribution in [2.75, 3.05) is 24.6 Å². The lowest BCUT2D eigenvalue weighted by molar-refractivity contribution is 0.358. The molecule has 9 heteroatoms. The lowest BCUT2D eigenvalue weighted by Crippen LogP contribution is -2.29. The van der Waals surface area contributed by atoms with Crippen molar-refractivity contribution in [2.24, 2.45) is 11.7 Å². The number of benzene rings is 1. The molecule has 1 saturated heterocycles. The fraction of sp³-hybridized carbons (Fsp3) is 0.333. The Morgan fingerprint density at radius 1 is 1.41 bits per heavy atom. The summed E-state index contributed by atoms with van der Waals surface area (Å²) in [6.45, 7) is 7.27. The highest BCUT2D eigenvalue weighted by atomic mass is 32.1. The molecule has 0 amide bonds. The molecule has 0 bridgehead atoms. The molecule has 3 aromatic rings. The number of aromatic nitrogens is 2. The largest absolute Gasteiger partial charge is 0.483 e. The fourth-order valence-corrected chi connectivity index (χ4v) is 4.91. The van der Waals surface area contributed by atoms with E-state index in [0.717, 1.165) is 11.5 Å². The van der Waals surface area contributed by atoms with Crippen LogP contribution in [0.25, 0.3) is 26.8 Å². The van der Waals surface area contributed by atoms with Gasteiger partial charge >= 0.3 is 0 Å². The molecule has 7 nitrogen and oxygen atoms in total. The van der Waals surface area contributed by atoms with E-state index in [1.54, 1.807) is 4.57 Å². The van der Waals surface area contributed by atoms with Crippen molar-refractivity contribution in [2.45, 2.75) is 13.0 Å². The van der Waals surface area contributed by atoms with Crippen molar-refractivity contribution >= 4 is 44.0 Å². The summed E-state index contributed by atoms with van der Waals surface area (Å²) in [6, 6.07) is 1.13. The zero-order valence-corrected chi connectivity index (χ0v) is 15.4. The summed E-state index contributed by atoms with van der Waals surface area (Å²) in [6.07, 6.45) is 0. The highest BCUT2D eigenvalue weighted by molar-refractivity contribution is 7.12. The third-order valence-corrected chi connectivity index (χ3v) is 6.32. The van der Waals surface area contributed by atoms with Gasteiger partial charge in [-0.2, -0.15) is 0 Å². The van der Waals surface area contributed by atoms with Crippen LogP contribution in [0.2, 0.25) is 0 Å². The number of nitrogens with zero attached hydrogens (tertiary/aromatic N) is 2. The highest BCUT2D eigenvalue weighted by Crippen LogP contribution is 2.43. The number of hydrogen-bond acceptors (Lipinski definition) is 6. The number of H-pyrrole nitrogens is 1. The summed E-state index contributed by atoms with van der Waals surface area (Å²) in [5.41, 5.74) is 6.47. The van der Waals surface area contributed by atoms with Gasteiger partial charge in [0.2, 0.25) is 5.43 Å². The van der Waals surface area contributed by atoms with Crippen molar-refractivity contribution < 1.29 is 9.13 Å². The molecule has 27 heavy (non-hydrogen) atoms.